The minimum Gasteiger partial charge on any atom is -0.481 e. The van der Waals surface area contributed by atoms with Crippen LogP contribution >= 0.6 is 0 Å². The second kappa shape index (κ2) is 10.3. The molecule has 0 atom stereocenters. The molecule has 0 aliphatic heterocycles. The van der Waals surface area contributed by atoms with Gasteiger partial charge in [0.05, 0.1) is 28.1 Å². The van der Waals surface area contributed by atoms with Crippen LogP contribution in [0.3, 0.4) is 0 Å². The number of hydrogen-bond acceptors (Lipinski definition) is 4. The number of benzene rings is 3. The zero-order chi connectivity index (χ0) is 24.9. The molecule has 178 valence electrons. The molecule has 0 fully saturated rings. The largest absolute Gasteiger partial charge is 0.481 e. The number of unbranched alkanes of at least 4 members (excludes halogenated alkanes) is 2. The average Bonchev–Trinajstić information content (AvgIpc) is 3.16. The molecule has 1 heterocycles. The van der Waals surface area contributed by atoms with Gasteiger partial charge in [-0.2, -0.15) is 5.26 Å². The molecule has 0 radical (unpaired) electrons. The standard InChI is InChI=1S/C28H27N3O4/c1-2-3-4-7-18-13-23-27(24(14-18)35-17-25(32)33)26-21(28(30)34)10-6-11-22(26)31(23)16-20-9-5-8-19(12-20)15-29/h5-6,8-14H,2-4,7,16-17H2,1H3,(H2,30,34)(H,32,33). The number of ether oxygens (including phenoxy) is 1. The SMILES string of the molecule is CCCCCc1cc(OCC(=O)O)c2c3c(C(N)=O)cccc3n(Cc3cccc(C#N)c3)c2c1. The number of amides is 1. The van der Waals surface area contributed by atoms with E-state index in [4.69, 9.17) is 10.5 Å². The number of carboxylic acid groups (broad SMARTS) is 1. The lowest BCUT2D eigenvalue weighted by molar-refractivity contribution is -0.139. The Morgan fingerprint density at radius 1 is 1.03 bits per heavy atom. The van der Waals surface area contributed by atoms with Crippen molar-refractivity contribution in [2.45, 2.75) is 39.2 Å². The summed E-state index contributed by atoms with van der Waals surface area (Å²) < 4.78 is 7.84. The Balaban J connectivity index is 2.01. The summed E-state index contributed by atoms with van der Waals surface area (Å²) in [5.41, 5.74) is 10.2. The lowest BCUT2D eigenvalue weighted by Crippen LogP contribution is -2.12. The summed E-state index contributed by atoms with van der Waals surface area (Å²) in [5.74, 6) is -1.24. The number of rotatable bonds is 10. The molecule has 4 aromatic rings. The number of carboxylic acids is 1. The summed E-state index contributed by atoms with van der Waals surface area (Å²) in [6.45, 7) is 2.10. The molecule has 4 rings (SSSR count). The molecule has 7 nitrogen and oxygen atoms in total. The Hall–Kier alpha value is -4.31. The molecule has 7 heteroatoms. The molecule has 35 heavy (non-hydrogen) atoms. The highest BCUT2D eigenvalue weighted by molar-refractivity contribution is 6.20. The van der Waals surface area contributed by atoms with E-state index in [1.54, 1.807) is 18.2 Å². The van der Waals surface area contributed by atoms with Crippen molar-refractivity contribution in [3.63, 3.8) is 0 Å². The van der Waals surface area contributed by atoms with E-state index in [0.717, 1.165) is 47.8 Å². The van der Waals surface area contributed by atoms with Crippen LogP contribution in [0.1, 0.15) is 53.2 Å². The molecular weight excluding hydrogens is 442 g/mol. The fourth-order valence-electron chi connectivity index (χ4n) is 4.55. The molecule has 0 saturated carbocycles. The van der Waals surface area contributed by atoms with Gasteiger partial charge in [0.1, 0.15) is 5.75 Å². The Morgan fingerprint density at radius 3 is 2.54 bits per heavy atom. The summed E-state index contributed by atoms with van der Waals surface area (Å²) in [5, 5.41) is 19.9. The number of aromatic nitrogens is 1. The quantitative estimate of drug-likeness (QED) is 0.317. The normalized spacial score (nSPS) is 11.0. The lowest BCUT2D eigenvalue weighted by atomic mass is 10.0. The van der Waals surface area contributed by atoms with Crippen LogP contribution in [0.25, 0.3) is 21.8 Å². The number of carbonyl (C=O) groups excluding carboxylic acids is 1. The Labute approximate surface area is 203 Å². The van der Waals surface area contributed by atoms with Gasteiger partial charge in [0.25, 0.3) is 0 Å². The van der Waals surface area contributed by atoms with Crippen LogP contribution in [-0.4, -0.2) is 28.2 Å². The van der Waals surface area contributed by atoms with Gasteiger partial charge in [0.2, 0.25) is 5.91 Å². The van der Waals surface area contributed by atoms with Crippen molar-refractivity contribution in [1.82, 2.24) is 4.57 Å². The van der Waals surface area contributed by atoms with E-state index in [1.807, 2.05) is 30.3 Å². The van der Waals surface area contributed by atoms with Crippen LogP contribution in [0, 0.1) is 11.3 Å². The van der Waals surface area contributed by atoms with E-state index < -0.39 is 18.5 Å². The van der Waals surface area contributed by atoms with Gasteiger partial charge in [-0.3, -0.25) is 4.79 Å². The highest BCUT2D eigenvalue weighted by Crippen LogP contribution is 2.39. The predicted octanol–water partition coefficient (Wildman–Crippen LogP) is 5.01. The van der Waals surface area contributed by atoms with E-state index in [0.29, 0.717) is 34.2 Å². The van der Waals surface area contributed by atoms with Crippen LogP contribution in [0.2, 0.25) is 0 Å². The number of primary amides is 1. The van der Waals surface area contributed by atoms with Crippen molar-refractivity contribution in [1.29, 1.82) is 5.26 Å². The first-order valence-electron chi connectivity index (χ1n) is 11.6. The summed E-state index contributed by atoms with van der Waals surface area (Å²) in [7, 11) is 0. The van der Waals surface area contributed by atoms with Crippen LogP contribution in [-0.2, 0) is 17.8 Å². The predicted molar refractivity (Wildman–Crippen MR) is 135 cm³/mol. The highest BCUT2D eigenvalue weighted by Gasteiger charge is 2.21. The first-order chi connectivity index (χ1) is 16.9. The first-order valence-corrected chi connectivity index (χ1v) is 11.6. The summed E-state index contributed by atoms with van der Waals surface area (Å²) in [4.78, 5) is 23.7. The third-order valence-corrected chi connectivity index (χ3v) is 6.10. The Bertz CT molecular complexity index is 1460. The van der Waals surface area contributed by atoms with Crippen molar-refractivity contribution < 1.29 is 19.4 Å². The maximum absolute atomic E-state index is 12.4. The molecule has 0 unspecified atom stereocenters. The third-order valence-electron chi connectivity index (χ3n) is 6.10. The van der Waals surface area contributed by atoms with E-state index >= 15 is 0 Å². The topological polar surface area (TPSA) is 118 Å². The van der Waals surface area contributed by atoms with Crippen molar-refractivity contribution in [2.24, 2.45) is 5.73 Å². The molecule has 0 aliphatic carbocycles. The van der Waals surface area contributed by atoms with Crippen LogP contribution in [0.4, 0.5) is 0 Å². The van der Waals surface area contributed by atoms with Crippen molar-refractivity contribution in [3.8, 4) is 11.8 Å². The average molecular weight is 470 g/mol. The number of hydrogen-bond donors (Lipinski definition) is 2. The molecule has 1 amide bonds. The monoisotopic (exact) mass is 469 g/mol. The minimum absolute atomic E-state index is 0.343. The number of nitrogens with zero attached hydrogens (tertiary/aromatic N) is 2. The molecule has 0 aliphatic rings. The zero-order valence-electron chi connectivity index (χ0n) is 19.6. The third kappa shape index (κ3) is 4.97. The smallest absolute Gasteiger partial charge is 0.341 e. The van der Waals surface area contributed by atoms with E-state index in [2.05, 4.69) is 23.6 Å². The van der Waals surface area contributed by atoms with Gasteiger partial charge in [-0.05, 0) is 60.4 Å². The number of aryl methyl sites for hydroxylation is 1. The van der Waals surface area contributed by atoms with Gasteiger partial charge in [-0.1, -0.05) is 38.0 Å². The van der Waals surface area contributed by atoms with Crippen LogP contribution in [0.15, 0.2) is 54.6 Å². The fourth-order valence-corrected chi connectivity index (χ4v) is 4.55. The van der Waals surface area contributed by atoms with Gasteiger partial charge in [0, 0.05) is 17.5 Å². The summed E-state index contributed by atoms with van der Waals surface area (Å²) in [6.07, 6.45) is 3.99. The summed E-state index contributed by atoms with van der Waals surface area (Å²) >= 11 is 0. The number of nitrogens with two attached hydrogens (primary N) is 1. The highest BCUT2D eigenvalue weighted by atomic mass is 16.5. The molecule has 3 N–H and O–H groups in total. The minimum atomic E-state index is -1.08. The van der Waals surface area contributed by atoms with Crippen molar-refractivity contribution >= 4 is 33.7 Å². The molecule has 0 saturated heterocycles. The molecular formula is C28H27N3O4. The second-order valence-corrected chi connectivity index (χ2v) is 8.59. The molecule has 0 spiro atoms. The van der Waals surface area contributed by atoms with Gasteiger partial charge < -0.3 is 20.1 Å². The van der Waals surface area contributed by atoms with Crippen molar-refractivity contribution in [2.75, 3.05) is 6.61 Å². The number of fused-ring (bicyclic) bond motifs is 3. The van der Waals surface area contributed by atoms with Gasteiger partial charge >= 0.3 is 5.97 Å². The van der Waals surface area contributed by atoms with Gasteiger partial charge in [-0.15, -0.1) is 0 Å². The van der Waals surface area contributed by atoms with Gasteiger partial charge in [-0.25, -0.2) is 4.79 Å². The van der Waals surface area contributed by atoms with E-state index in [1.165, 1.54) is 0 Å². The van der Waals surface area contributed by atoms with Crippen molar-refractivity contribution in [3.05, 3.63) is 76.9 Å². The second-order valence-electron chi connectivity index (χ2n) is 8.59. The molecule has 3 aromatic carbocycles. The van der Waals surface area contributed by atoms with Gasteiger partial charge in [0.15, 0.2) is 6.61 Å². The molecule has 1 aromatic heterocycles. The van der Waals surface area contributed by atoms with E-state index in [-0.39, 0.29) is 0 Å². The number of aliphatic carboxylic acids is 1. The number of carbonyl (C=O) groups is 2. The Kier molecular flexibility index (Phi) is 7.02. The fraction of sp³-hybridized carbons (Fsp3) is 0.250. The van der Waals surface area contributed by atoms with E-state index in [9.17, 15) is 20.0 Å². The lowest BCUT2D eigenvalue weighted by Gasteiger charge is -2.12. The molecule has 0 bridgehead atoms. The first kappa shape index (κ1) is 23.8. The van der Waals surface area contributed by atoms with Crippen LogP contribution < -0.4 is 10.5 Å². The maximum Gasteiger partial charge on any atom is 0.341 e. The maximum atomic E-state index is 12.4. The zero-order valence-corrected chi connectivity index (χ0v) is 19.6. The Morgan fingerprint density at radius 2 is 1.83 bits per heavy atom. The summed E-state index contributed by atoms with van der Waals surface area (Å²) in [6, 6.07) is 18.9. The number of nitriles is 1. The van der Waals surface area contributed by atoms with Crippen LogP contribution in [0.5, 0.6) is 5.75 Å².